The van der Waals surface area contributed by atoms with Gasteiger partial charge in [0.2, 0.25) is 0 Å². The van der Waals surface area contributed by atoms with E-state index in [4.69, 9.17) is 14.2 Å². The molecular weight excluding hydrogens is 496 g/mol. The molecule has 0 aromatic carbocycles. The van der Waals surface area contributed by atoms with Crippen LogP contribution in [0.1, 0.15) is 87.5 Å². The van der Waals surface area contributed by atoms with Crippen molar-refractivity contribution >= 4 is 11.9 Å². The van der Waals surface area contributed by atoms with E-state index in [1.54, 1.807) is 6.08 Å². The minimum absolute atomic E-state index is 0.00796. The Hall–Kier alpha value is -1.70. The van der Waals surface area contributed by atoms with E-state index in [1.807, 2.05) is 27.7 Å². The Labute approximate surface area is 233 Å². The van der Waals surface area contributed by atoms with Crippen molar-refractivity contribution in [1.82, 2.24) is 0 Å². The molecule has 10 atom stereocenters. The molecule has 5 rings (SSSR count). The molecule has 0 bridgehead atoms. The minimum Gasteiger partial charge on any atom is -0.462 e. The van der Waals surface area contributed by atoms with Gasteiger partial charge in [-0.3, -0.25) is 4.79 Å². The summed E-state index contributed by atoms with van der Waals surface area (Å²) in [6.45, 7) is 16.5. The molecular formula is C32H48O7. The van der Waals surface area contributed by atoms with Gasteiger partial charge in [0, 0.05) is 24.3 Å². The van der Waals surface area contributed by atoms with Gasteiger partial charge in [0.1, 0.15) is 17.8 Å². The third kappa shape index (κ3) is 4.25. The molecule has 1 saturated heterocycles. The number of carbonyl (C=O) groups is 2. The maximum atomic E-state index is 12.6. The highest BCUT2D eigenvalue weighted by atomic mass is 16.6. The molecule has 0 aromatic rings. The van der Waals surface area contributed by atoms with Crippen molar-refractivity contribution in [2.75, 3.05) is 6.61 Å². The third-order valence-electron chi connectivity index (χ3n) is 11.8. The summed E-state index contributed by atoms with van der Waals surface area (Å²) in [5.41, 5.74) is -1.07. The second-order valence-electron chi connectivity index (χ2n) is 14.8. The van der Waals surface area contributed by atoms with Crippen molar-refractivity contribution in [3.8, 4) is 0 Å². The van der Waals surface area contributed by atoms with Gasteiger partial charge in [-0.15, -0.1) is 0 Å². The first-order valence-electron chi connectivity index (χ1n) is 14.8. The molecule has 7 heteroatoms. The van der Waals surface area contributed by atoms with Gasteiger partial charge < -0.3 is 24.4 Å². The van der Waals surface area contributed by atoms with Crippen LogP contribution in [0.4, 0.5) is 0 Å². The first-order valence-corrected chi connectivity index (χ1v) is 14.8. The zero-order chi connectivity index (χ0) is 28.8. The molecule has 7 nitrogen and oxygen atoms in total. The van der Waals surface area contributed by atoms with Crippen molar-refractivity contribution in [1.29, 1.82) is 0 Å². The Morgan fingerprint density at radius 2 is 1.72 bits per heavy atom. The van der Waals surface area contributed by atoms with Crippen LogP contribution < -0.4 is 0 Å². The molecule has 39 heavy (non-hydrogen) atoms. The Balaban J connectivity index is 1.55. The molecule has 0 radical (unpaired) electrons. The highest BCUT2D eigenvalue weighted by Gasteiger charge is 2.68. The molecule has 2 heterocycles. The van der Waals surface area contributed by atoms with E-state index < -0.39 is 28.8 Å². The van der Waals surface area contributed by atoms with E-state index in [1.165, 1.54) is 12.5 Å². The lowest BCUT2D eigenvalue weighted by Crippen LogP contribution is -2.64. The molecule has 3 aliphatic carbocycles. The summed E-state index contributed by atoms with van der Waals surface area (Å²) in [4.78, 5) is 25.1. The number of esters is 2. The topological polar surface area (TPSA) is 102 Å². The number of allylic oxidation sites excluding steroid dienone is 2. The average molecular weight is 545 g/mol. The third-order valence-corrected chi connectivity index (χ3v) is 11.8. The van der Waals surface area contributed by atoms with Crippen LogP contribution >= 0.6 is 0 Å². The summed E-state index contributed by atoms with van der Waals surface area (Å²) < 4.78 is 18.3. The van der Waals surface area contributed by atoms with Gasteiger partial charge in [0.05, 0.1) is 18.3 Å². The van der Waals surface area contributed by atoms with Crippen LogP contribution in [0.5, 0.6) is 0 Å². The second-order valence-corrected chi connectivity index (χ2v) is 14.8. The van der Waals surface area contributed by atoms with Gasteiger partial charge in [-0.2, -0.15) is 0 Å². The number of carbonyl (C=O) groups excluding carboxylic acids is 2. The van der Waals surface area contributed by atoms with Crippen LogP contribution in [0, 0.1) is 39.9 Å². The fraction of sp³-hybridized carbons (Fsp3) is 0.812. The Morgan fingerprint density at radius 1 is 1.03 bits per heavy atom. The van der Waals surface area contributed by atoms with Crippen molar-refractivity contribution in [2.24, 2.45) is 39.9 Å². The molecule has 0 amide bonds. The molecule has 0 spiro atoms. The SMILES string of the molecule is CC(=O)O[C@H]1C[C@@H]2C(C)(C)OC(=O)C=C[C@@]2(C)[C@@H]2CC[C@@]3(C)C(=CC[C@@H]3[C@@H]3COC(C)(C)[C@@H](O)[C@H](O)C3)[C@@]12C. The molecule has 3 fully saturated rings. The van der Waals surface area contributed by atoms with E-state index in [-0.39, 0.29) is 52.5 Å². The summed E-state index contributed by atoms with van der Waals surface area (Å²) >= 11 is 0. The van der Waals surface area contributed by atoms with Crippen LogP contribution in [0.2, 0.25) is 0 Å². The molecule has 218 valence electrons. The summed E-state index contributed by atoms with van der Waals surface area (Å²) in [5.74, 6) is -0.132. The van der Waals surface area contributed by atoms with Crippen LogP contribution in [-0.2, 0) is 23.8 Å². The van der Waals surface area contributed by atoms with Crippen LogP contribution in [0.25, 0.3) is 0 Å². The summed E-state index contributed by atoms with van der Waals surface area (Å²) in [7, 11) is 0. The number of aliphatic hydroxyl groups excluding tert-OH is 2. The van der Waals surface area contributed by atoms with E-state index in [0.29, 0.717) is 19.4 Å². The van der Waals surface area contributed by atoms with Gasteiger partial charge in [-0.25, -0.2) is 4.79 Å². The number of ether oxygens (including phenoxy) is 3. The Bertz CT molecular complexity index is 1090. The lowest BCUT2D eigenvalue weighted by Gasteiger charge is -2.65. The number of hydrogen-bond acceptors (Lipinski definition) is 7. The van der Waals surface area contributed by atoms with Gasteiger partial charge in [-0.05, 0) is 88.4 Å². The monoisotopic (exact) mass is 544 g/mol. The summed E-state index contributed by atoms with van der Waals surface area (Å²) in [5, 5.41) is 21.6. The fourth-order valence-corrected chi connectivity index (χ4v) is 9.95. The second kappa shape index (κ2) is 9.15. The zero-order valence-electron chi connectivity index (χ0n) is 25.0. The summed E-state index contributed by atoms with van der Waals surface area (Å²) in [6.07, 6.45) is 7.79. The maximum Gasteiger partial charge on any atom is 0.330 e. The lowest BCUT2D eigenvalue weighted by molar-refractivity contribution is -0.201. The largest absolute Gasteiger partial charge is 0.462 e. The first-order chi connectivity index (χ1) is 18.0. The number of fused-ring (bicyclic) bond motifs is 5. The Kier molecular flexibility index (Phi) is 6.76. The predicted octanol–water partition coefficient (Wildman–Crippen LogP) is 4.74. The molecule has 0 aromatic heterocycles. The van der Waals surface area contributed by atoms with Crippen LogP contribution in [0.15, 0.2) is 23.8 Å². The van der Waals surface area contributed by atoms with E-state index in [2.05, 4.69) is 32.9 Å². The van der Waals surface area contributed by atoms with Gasteiger partial charge >= 0.3 is 11.9 Å². The molecule has 2 N–H and O–H groups in total. The molecule has 5 aliphatic rings. The average Bonchev–Trinajstić information content (AvgIpc) is 3.10. The minimum atomic E-state index is -0.934. The maximum absolute atomic E-state index is 12.6. The number of hydrogen-bond donors (Lipinski definition) is 2. The fourth-order valence-electron chi connectivity index (χ4n) is 9.95. The Morgan fingerprint density at radius 3 is 2.38 bits per heavy atom. The molecule has 2 aliphatic heterocycles. The standard InChI is InChI=1S/C32H48O7/c1-18(33)38-25-16-24-28(2,3)39-26(35)12-14-31(24,7)23-11-13-30(6)20(9-10-22(30)32(23,25)8)19-15-21(34)27(36)29(4,5)37-17-19/h10,12,14,19-21,23-25,27,34,36H,9,11,13,15-17H2,1-8H3/t19-,20+,21+,23-,24+,25-,27-,30+,31-,32+/m0/s1. The molecule has 2 saturated carbocycles. The van der Waals surface area contributed by atoms with Crippen LogP contribution in [-0.4, -0.2) is 58.3 Å². The van der Waals surface area contributed by atoms with Crippen molar-refractivity contribution in [3.63, 3.8) is 0 Å². The predicted molar refractivity (Wildman–Crippen MR) is 146 cm³/mol. The van der Waals surface area contributed by atoms with E-state index in [9.17, 15) is 19.8 Å². The van der Waals surface area contributed by atoms with Gasteiger partial charge in [-0.1, -0.05) is 38.5 Å². The van der Waals surface area contributed by atoms with E-state index in [0.717, 1.165) is 19.3 Å². The number of cyclic esters (lactones) is 1. The van der Waals surface area contributed by atoms with Crippen molar-refractivity contribution < 1.29 is 34.0 Å². The van der Waals surface area contributed by atoms with Crippen LogP contribution in [0.3, 0.4) is 0 Å². The number of aliphatic hydroxyl groups is 2. The quantitative estimate of drug-likeness (QED) is 0.382. The number of rotatable bonds is 2. The summed E-state index contributed by atoms with van der Waals surface area (Å²) in [6, 6.07) is 0. The highest BCUT2D eigenvalue weighted by Crippen LogP contribution is 2.71. The highest BCUT2D eigenvalue weighted by molar-refractivity contribution is 5.83. The molecule has 0 unspecified atom stereocenters. The van der Waals surface area contributed by atoms with Crippen molar-refractivity contribution in [3.05, 3.63) is 23.8 Å². The normalized spacial score (nSPS) is 48.4. The van der Waals surface area contributed by atoms with Crippen molar-refractivity contribution in [2.45, 2.75) is 117 Å². The van der Waals surface area contributed by atoms with Gasteiger partial charge in [0.25, 0.3) is 0 Å². The zero-order valence-corrected chi connectivity index (χ0v) is 25.0. The first kappa shape index (κ1) is 28.8. The van der Waals surface area contributed by atoms with E-state index >= 15 is 0 Å². The lowest BCUT2D eigenvalue weighted by atomic mass is 9.40. The van der Waals surface area contributed by atoms with Gasteiger partial charge in [0.15, 0.2) is 0 Å². The smallest absolute Gasteiger partial charge is 0.330 e.